The molecule has 1 aromatic carbocycles. The minimum Gasteiger partial charge on any atom is -0.475 e. The summed E-state index contributed by atoms with van der Waals surface area (Å²) in [6.45, 7) is 0. The number of rotatable bonds is 6. The Morgan fingerprint density at radius 1 is 1.14 bits per heavy atom. The van der Waals surface area contributed by atoms with E-state index in [0.717, 1.165) is 11.1 Å². The Balaban J connectivity index is 2.06. The van der Waals surface area contributed by atoms with Crippen LogP contribution in [0, 0.1) is 5.82 Å². The van der Waals surface area contributed by atoms with E-state index >= 15 is 0 Å². The molecule has 1 heterocycles. The summed E-state index contributed by atoms with van der Waals surface area (Å²) in [6, 6.07) is 7.61. The standard InChI is InChI=1S/C15H12FNO4/c16-11-3-1-2-9(5-11)4-10-6-12(17-8-10)13(18)7-14(19)15(20)21/h1-3,5-6,8,17H,4,7H2,(H,20,21). The smallest absolute Gasteiger partial charge is 0.372 e. The third-order valence-corrected chi connectivity index (χ3v) is 2.90. The van der Waals surface area contributed by atoms with Gasteiger partial charge < -0.3 is 10.1 Å². The molecule has 2 N–H and O–H groups in total. The van der Waals surface area contributed by atoms with Crippen LogP contribution in [0.5, 0.6) is 0 Å². The van der Waals surface area contributed by atoms with Crippen LogP contribution in [0.15, 0.2) is 36.5 Å². The van der Waals surface area contributed by atoms with E-state index in [1.807, 2.05) is 0 Å². The maximum atomic E-state index is 13.1. The lowest BCUT2D eigenvalue weighted by Crippen LogP contribution is -2.17. The molecule has 0 aliphatic heterocycles. The third-order valence-electron chi connectivity index (χ3n) is 2.90. The van der Waals surface area contributed by atoms with E-state index in [1.165, 1.54) is 18.2 Å². The van der Waals surface area contributed by atoms with Crippen LogP contribution in [-0.4, -0.2) is 27.6 Å². The summed E-state index contributed by atoms with van der Waals surface area (Å²) >= 11 is 0. The molecular formula is C15H12FNO4. The number of aromatic amines is 1. The highest BCUT2D eigenvalue weighted by Crippen LogP contribution is 2.13. The Labute approximate surface area is 119 Å². The van der Waals surface area contributed by atoms with Crippen LogP contribution < -0.4 is 0 Å². The Morgan fingerprint density at radius 2 is 1.90 bits per heavy atom. The fourth-order valence-corrected chi connectivity index (χ4v) is 1.90. The van der Waals surface area contributed by atoms with Gasteiger partial charge >= 0.3 is 5.97 Å². The van der Waals surface area contributed by atoms with Crippen molar-refractivity contribution in [3.8, 4) is 0 Å². The van der Waals surface area contributed by atoms with Gasteiger partial charge in [-0.05, 0) is 35.7 Å². The van der Waals surface area contributed by atoms with E-state index in [4.69, 9.17) is 5.11 Å². The average molecular weight is 289 g/mol. The summed E-state index contributed by atoms with van der Waals surface area (Å²) in [5.41, 5.74) is 1.65. The van der Waals surface area contributed by atoms with Gasteiger partial charge in [0.25, 0.3) is 0 Å². The highest BCUT2D eigenvalue weighted by Gasteiger charge is 2.18. The molecule has 6 heteroatoms. The molecule has 1 aromatic heterocycles. The Hall–Kier alpha value is -2.76. The maximum Gasteiger partial charge on any atom is 0.372 e. The molecule has 0 aliphatic rings. The van der Waals surface area contributed by atoms with Crippen LogP contribution in [0.25, 0.3) is 0 Å². The number of halogens is 1. The molecule has 0 fully saturated rings. The first-order valence-electron chi connectivity index (χ1n) is 6.17. The van der Waals surface area contributed by atoms with Gasteiger partial charge in [-0.15, -0.1) is 0 Å². The summed E-state index contributed by atoms with van der Waals surface area (Å²) in [5.74, 6) is -3.71. The zero-order valence-corrected chi connectivity index (χ0v) is 10.9. The van der Waals surface area contributed by atoms with Gasteiger partial charge in [0.15, 0.2) is 5.78 Å². The second-order valence-corrected chi connectivity index (χ2v) is 4.56. The maximum absolute atomic E-state index is 13.1. The lowest BCUT2D eigenvalue weighted by atomic mass is 10.1. The van der Waals surface area contributed by atoms with E-state index in [9.17, 15) is 18.8 Å². The number of carboxylic acids is 1. The second kappa shape index (κ2) is 6.13. The van der Waals surface area contributed by atoms with E-state index in [2.05, 4.69) is 4.98 Å². The zero-order chi connectivity index (χ0) is 15.4. The second-order valence-electron chi connectivity index (χ2n) is 4.56. The molecular weight excluding hydrogens is 277 g/mol. The van der Waals surface area contributed by atoms with Gasteiger partial charge in [0.05, 0.1) is 12.1 Å². The van der Waals surface area contributed by atoms with Crippen molar-refractivity contribution in [3.63, 3.8) is 0 Å². The first kappa shape index (κ1) is 14.6. The fraction of sp³-hybridized carbons (Fsp3) is 0.133. The molecule has 2 rings (SSSR count). The van der Waals surface area contributed by atoms with Gasteiger partial charge in [-0.2, -0.15) is 0 Å². The molecule has 0 atom stereocenters. The quantitative estimate of drug-likeness (QED) is 0.483. The van der Waals surface area contributed by atoms with E-state index in [1.54, 1.807) is 18.3 Å². The number of nitrogens with one attached hydrogen (secondary N) is 1. The minimum atomic E-state index is -1.63. The van der Waals surface area contributed by atoms with Gasteiger partial charge in [-0.3, -0.25) is 9.59 Å². The lowest BCUT2D eigenvalue weighted by molar-refractivity contribution is -0.148. The Bertz CT molecular complexity index is 705. The number of benzene rings is 1. The molecule has 0 saturated heterocycles. The number of aromatic nitrogens is 1. The third kappa shape index (κ3) is 3.85. The van der Waals surface area contributed by atoms with Crippen LogP contribution in [-0.2, 0) is 16.0 Å². The zero-order valence-electron chi connectivity index (χ0n) is 10.9. The summed E-state index contributed by atoms with van der Waals surface area (Å²) in [6.07, 6.45) is 1.31. The van der Waals surface area contributed by atoms with E-state index in [0.29, 0.717) is 6.42 Å². The molecule has 0 radical (unpaired) electrons. The minimum absolute atomic E-state index is 0.163. The summed E-state index contributed by atoms with van der Waals surface area (Å²) < 4.78 is 13.1. The first-order valence-corrected chi connectivity index (χ1v) is 6.17. The molecule has 5 nitrogen and oxygen atoms in total. The molecule has 0 spiro atoms. The molecule has 2 aromatic rings. The number of carbonyl (C=O) groups is 3. The summed E-state index contributed by atoms with van der Waals surface area (Å²) in [4.78, 5) is 35.8. The molecule has 0 aliphatic carbocycles. The predicted molar refractivity (Wildman–Crippen MR) is 71.6 cm³/mol. The van der Waals surface area contributed by atoms with Crippen molar-refractivity contribution in [3.05, 3.63) is 59.2 Å². The highest BCUT2D eigenvalue weighted by atomic mass is 19.1. The molecule has 0 unspecified atom stereocenters. The van der Waals surface area contributed by atoms with E-state index < -0.39 is 24.0 Å². The number of Topliss-reactive ketones (excluding diaryl/α,β-unsaturated/α-hetero) is 2. The van der Waals surface area contributed by atoms with Crippen LogP contribution in [0.1, 0.15) is 28.0 Å². The van der Waals surface area contributed by atoms with Crippen molar-refractivity contribution in [1.82, 2.24) is 4.98 Å². The number of carbonyl (C=O) groups excluding carboxylic acids is 2. The van der Waals surface area contributed by atoms with Gasteiger partial charge in [-0.1, -0.05) is 12.1 Å². The Kier molecular flexibility index (Phi) is 4.27. The van der Waals surface area contributed by atoms with Crippen molar-refractivity contribution < 1.29 is 23.9 Å². The average Bonchev–Trinajstić information content (AvgIpc) is 2.87. The predicted octanol–water partition coefficient (Wildman–Crippen LogP) is 1.97. The Morgan fingerprint density at radius 3 is 2.57 bits per heavy atom. The summed E-state index contributed by atoms with van der Waals surface area (Å²) in [5, 5.41) is 8.46. The fourth-order valence-electron chi connectivity index (χ4n) is 1.90. The molecule has 0 amide bonds. The topological polar surface area (TPSA) is 87.2 Å². The monoisotopic (exact) mass is 289 g/mol. The van der Waals surface area contributed by atoms with Gasteiger partial charge in [0, 0.05) is 6.20 Å². The van der Waals surface area contributed by atoms with Crippen molar-refractivity contribution in [2.45, 2.75) is 12.8 Å². The lowest BCUT2D eigenvalue weighted by Gasteiger charge is -1.98. The number of hydrogen-bond acceptors (Lipinski definition) is 3. The number of ketones is 2. The van der Waals surface area contributed by atoms with Crippen molar-refractivity contribution in [2.75, 3.05) is 0 Å². The SMILES string of the molecule is O=C(O)C(=O)CC(=O)c1cc(Cc2cccc(F)c2)c[nH]1. The van der Waals surface area contributed by atoms with E-state index in [-0.39, 0.29) is 11.5 Å². The number of H-pyrrole nitrogens is 1. The molecule has 0 bridgehead atoms. The number of hydrogen-bond donors (Lipinski definition) is 2. The van der Waals surface area contributed by atoms with Crippen LogP contribution in [0.3, 0.4) is 0 Å². The van der Waals surface area contributed by atoms with Crippen LogP contribution in [0.2, 0.25) is 0 Å². The van der Waals surface area contributed by atoms with Crippen LogP contribution in [0.4, 0.5) is 4.39 Å². The van der Waals surface area contributed by atoms with Crippen LogP contribution >= 0.6 is 0 Å². The van der Waals surface area contributed by atoms with Crippen molar-refractivity contribution in [2.24, 2.45) is 0 Å². The van der Waals surface area contributed by atoms with Crippen molar-refractivity contribution in [1.29, 1.82) is 0 Å². The molecule has 0 saturated carbocycles. The normalized spacial score (nSPS) is 10.3. The highest BCUT2D eigenvalue weighted by molar-refractivity contribution is 6.37. The van der Waals surface area contributed by atoms with Gasteiger partial charge in [0.2, 0.25) is 5.78 Å². The largest absolute Gasteiger partial charge is 0.475 e. The van der Waals surface area contributed by atoms with Crippen molar-refractivity contribution >= 4 is 17.5 Å². The first-order chi connectivity index (χ1) is 9.95. The number of carboxylic acid groups (broad SMARTS) is 1. The van der Waals surface area contributed by atoms with Gasteiger partial charge in [-0.25, -0.2) is 9.18 Å². The molecule has 108 valence electrons. The van der Waals surface area contributed by atoms with Gasteiger partial charge in [0.1, 0.15) is 5.82 Å². The molecule has 21 heavy (non-hydrogen) atoms. The summed E-state index contributed by atoms with van der Waals surface area (Å²) in [7, 11) is 0. The number of aliphatic carboxylic acids is 1.